The second kappa shape index (κ2) is 4.84. The summed E-state index contributed by atoms with van der Waals surface area (Å²) in [6.45, 7) is 6.29. The van der Waals surface area contributed by atoms with E-state index in [1.54, 1.807) is 12.3 Å². The third-order valence-electron chi connectivity index (χ3n) is 3.38. The quantitative estimate of drug-likeness (QED) is 0.824. The molecule has 0 radical (unpaired) electrons. The predicted molar refractivity (Wildman–Crippen MR) is 72.3 cm³/mol. The number of amides is 1. The summed E-state index contributed by atoms with van der Waals surface area (Å²) in [6.07, 6.45) is 2.87. The van der Waals surface area contributed by atoms with Gasteiger partial charge in [0.1, 0.15) is 5.82 Å². The Morgan fingerprint density at radius 1 is 1.39 bits per heavy atom. The number of piperidine rings is 1. The van der Waals surface area contributed by atoms with Gasteiger partial charge < -0.3 is 16.4 Å². The molecule has 2 heterocycles. The van der Waals surface area contributed by atoms with E-state index in [9.17, 15) is 4.79 Å². The normalized spacial score (nSPS) is 24.0. The topological polar surface area (TPSA) is 85.2 Å². The highest BCUT2D eigenvalue weighted by Crippen LogP contribution is 2.28. The SMILES string of the molecule is CC1CC(C)CN(c2cnc(N)cc2C(N)=O)C1. The summed E-state index contributed by atoms with van der Waals surface area (Å²) >= 11 is 0. The Labute approximate surface area is 107 Å². The number of nitrogen functional groups attached to an aromatic ring is 1. The third-order valence-corrected chi connectivity index (χ3v) is 3.38. The minimum atomic E-state index is -0.454. The van der Waals surface area contributed by atoms with Gasteiger partial charge in [-0.05, 0) is 24.3 Å². The molecule has 0 saturated carbocycles. The third kappa shape index (κ3) is 2.55. The van der Waals surface area contributed by atoms with Crippen LogP contribution in [0.25, 0.3) is 0 Å². The van der Waals surface area contributed by atoms with Gasteiger partial charge >= 0.3 is 0 Å². The van der Waals surface area contributed by atoms with Crippen LogP contribution in [0.5, 0.6) is 0 Å². The average Bonchev–Trinajstić information content (AvgIpc) is 2.27. The molecular weight excluding hydrogens is 228 g/mol. The zero-order valence-corrected chi connectivity index (χ0v) is 10.9. The lowest BCUT2D eigenvalue weighted by Crippen LogP contribution is -2.39. The van der Waals surface area contributed by atoms with Crippen molar-refractivity contribution in [3.63, 3.8) is 0 Å². The number of nitrogens with zero attached hydrogens (tertiary/aromatic N) is 2. The van der Waals surface area contributed by atoms with Crippen molar-refractivity contribution in [2.45, 2.75) is 20.3 Å². The molecule has 5 nitrogen and oxygen atoms in total. The summed E-state index contributed by atoms with van der Waals surface area (Å²) in [4.78, 5) is 17.8. The summed E-state index contributed by atoms with van der Waals surface area (Å²) in [5.41, 5.74) is 12.3. The van der Waals surface area contributed by atoms with E-state index in [0.717, 1.165) is 18.8 Å². The van der Waals surface area contributed by atoms with Crippen molar-refractivity contribution in [2.75, 3.05) is 23.7 Å². The van der Waals surface area contributed by atoms with Gasteiger partial charge in [-0.15, -0.1) is 0 Å². The van der Waals surface area contributed by atoms with Gasteiger partial charge in [0, 0.05) is 13.1 Å². The number of hydrogen-bond acceptors (Lipinski definition) is 4. The molecule has 1 aromatic heterocycles. The first-order valence-corrected chi connectivity index (χ1v) is 6.27. The van der Waals surface area contributed by atoms with Gasteiger partial charge in [0.05, 0.1) is 17.4 Å². The second-order valence-corrected chi connectivity index (χ2v) is 5.34. The molecule has 0 bridgehead atoms. The Bertz CT molecular complexity index is 450. The smallest absolute Gasteiger partial charge is 0.251 e. The van der Waals surface area contributed by atoms with Crippen molar-refractivity contribution < 1.29 is 4.79 Å². The summed E-state index contributed by atoms with van der Waals surface area (Å²) in [5, 5.41) is 0. The molecule has 18 heavy (non-hydrogen) atoms. The fraction of sp³-hybridized carbons (Fsp3) is 0.538. The molecule has 4 N–H and O–H groups in total. The van der Waals surface area contributed by atoms with Gasteiger partial charge in [0.15, 0.2) is 0 Å². The zero-order valence-electron chi connectivity index (χ0n) is 10.9. The molecule has 5 heteroatoms. The standard InChI is InChI=1S/C13H20N4O/c1-8-3-9(2)7-17(6-8)11-5-16-12(14)4-10(11)13(15)18/h4-5,8-9H,3,6-7H2,1-2H3,(H2,14,16)(H2,15,18). The van der Waals surface area contributed by atoms with Crippen LogP contribution in [0.1, 0.15) is 30.6 Å². The maximum absolute atomic E-state index is 11.5. The number of anilines is 2. The van der Waals surface area contributed by atoms with Crippen LogP contribution in [0.3, 0.4) is 0 Å². The number of aromatic nitrogens is 1. The lowest BCUT2D eigenvalue weighted by molar-refractivity contribution is 0.100. The Kier molecular flexibility index (Phi) is 3.41. The highest BCUT2D eigenvalue weighted by molar-refractivity contribution is 5.99. The van der Waals surface area contributed by atoms with E-state index in [0.29, 0.717) is 23.2 Å². The fourth-order valence-corrected chi connectivity index (χ4v) is 2.77. The highest BCUT2D eigenvalue weighted by atomic mass is 16.1. The number of nitrogens with two attached hydrogens (primary N) is 2. The van der Waals surface area contributed by atoms with Crippen LogP contribution in [0, 0.1) is 11.8 Å². The molecule has 1 aromatic rings. The fourth-order valence-electron chi connectivity index (χ4n) is 2.77. The Morgan fingerprint density at radius 3 is 2.56 bits per heavy atom. The van der Waals surface area contributed by atoms with Crippen molar-refractivity contribution in [3.8, 4) is 0 Å². The molecule has 0 aromatic carbocycles. The lowest BCUT2D eigenvalue weighted by atomic mass is 9.91. The van der Waals surface area contributed by atoms with Gasteiger partial charge in [0.25, 0.3) is 5.91 Å². The zero-order chi connectivity index (χ0) is 13.3. The predicted octanol–water partition coefficient (Wildman–Crippen LogP) is 1.25. The van der Waals surface area contributed by atoms with Gasteiger partial charge in [-0.1, -0.05) is 13.8 Å². The molecule has 1 amide bonds. The van der Waals surface area contributed by atoms with Gasteiger partial charge in [-0.2, -0.15) is 0 Å². The molecule has 1 aliphatic rings. The van der Waals surface area contributed by atoms with Gasteiger partial charge in [0.2, 0.25) is 0 Å². The van der Waals surface area contributed by atoms with Crippen molar-refractivity contribution in [3.05, 3.63) is 17.8 Å². The first-order valence-electron chi connectivity index (χ1n) is 6.27. The lowest BCUT2D eigenvalue weighted by Gasteiger charge is -2.37. The minimum absolute atomic E-state index is 0.325. The van der Waals surface area contributed by atoms with Gasteiger partial charge in [-0.25, -0.2) is 4.98 Å². The van der Waals surface area contributed by atoms with E-state index in [4.69, 9.17) is 11.5 Å². The molecule has 0 spiro atoms. The summed E-state index contributed by atoms with van der Waals surface area (Å²) in [6, 6.07) is 1.56. The maximum Gasteiger partial charge on any atom is 0.251 e. The number of pyridine rings is 1. The molecule has 1 aliphatic heterocycles. The van der Waals surface area contributed by atoms with E-state index in [2.05, 4.69) is 23.7 Å². The summed E-state index contributed by atoms with van der Waals surface area (Å²) in [7, 11) is 0. The van der Waals surface area contributed by atoms with E-state index in [1.165, 1.54) is 6.42 Å². The average molecular weight is 248 g/mol. The molecule has 0 aliphatic carbocycles. The van der Waals surface area contributed by atoms with E-state index >= 15 is 0 Å². The molecular formula is C13H20N4O. The van der Waals surface area contributed by atoms with Crippen LogP contribution < -0.4 is 16.4 Å². The van der Waals surface area contributed by atoms with Crippen molar-refractivity contribution >= 4 is 17.4 Å². The second-order valence-electron chi connectivity index (χ2n) is 5.34. The number of primary amides is 1. The Balaban J connectivity index is 2.35. The Hall–Kier alpha value is -1.78. The Morgan fingerprint density at radius 2 is 2.00 bits per heavy atom. The first kappa shape index (κ1) is 12.7. The van der Waals surface area contributed by atoms with Crippen LogP contribution in [0.15, 0.2) is 12.3 Å². The van der Waals surface area contributed by atoms with Crippen LogP contribution >= 0.6 is 0 Å². The largest absolute Gasteiger partial charge is 0.384 e. The number of rotatable bonds is 2. The monoisotopic (exact) mass is 248 g/mol. The molecule has 2 unspecified atom stereocenters. The van der Waals surface area contributed by atoms with Crippen molar-refractivity contribution in [2.24, 2.45) is 17.6 Å². The molecule has 1 saturated heterocycles. The number of carbonyl (C=O) groups is 1. The van der Waals surface area contributed by atoms with Crippen LogP contribution in [0.2, 0.25) is 0 Å². The molecule has 98 valence electrons. The van der Waals surface area contributed by atoms with Crippen molar-refractivity contribution in [1.29, 1.82) is 0 Å². The van der Waals surface area contributed by atoms with Crippen molar-refractivity contribution in [1.82, 2.24) is 4.98 Å². The number of carbonyl (C=O) groups excluding carboxylic acids is 1. The van der Waals surface area contributed by atoms with Gasteiger partial charge in [-0.3, -0.25) is 4.79 Å². The molecule has 2 atom stereocenters. The summed E-state index contributed by atoms with van der Waals surface area (Å²) < 4.78 is 0. The van der Waals surface area contributed by atoms with E-state index < -0.39 is 5.91 Å². The molecule has 1 fully saturated rings. The van der Waals surface area contributed by atoms with Crippen LogP contribution in [-0.4, -0.2) is 24.0 Å². The van der Waals surface area contributed by atoms with Crippen LogP contribution in [0.4, 0.5) is 11.5 Å². The van der Waals surface area contributed by atoms with E-state index in [1.807, 2.05) is 0 Å². The minimum Gasteiger partial charge on any atom is -0.384 e. The van der Waals surface area contributed by atoms with Crippen LogP contribution in [-0.2, 0) is 0 Å². The van der Waals surface area contributed by atoms with E-state index in [-0.39, 0.29) is 0 Å². The highest BCUT2D eigenvalue weighted by Gasteiger charge is 2.25. The number of hydrogen-bond donors (Lipinski definition) is 2. The summed E-state index contributed by atoms with van der Waals surface area (Å²) in [5.74, 6) is 1.08. The maximum atomic E-state index is 11.5. The molecule has 2 rings (SSSR count). The first-order chi connectivity index (χ1) is 8.47.